The molecule has 0 unspecified atom stereocenters. The molecule has 0 atom stereocenters. The zero-order valence-corrected chi connectivity index (χ0v) is 12.4. The molecular formula is C14H22N2O2S. The molecule has 0 saturated heterocycles. The van der Waals surface area contributed by atoms with E-state index >= 15 is 0 Å². The molecule has 1 fully saturated rings. The van der Waals surface area contributed by atoms with Crippen molar-refractivity contribution in [1.82, 2.24) is 4.72 Å². The number of nitrogens with one attached hydrogen (secondary N) is 1. The van der Waals surface area contributed by atoms with Gasteiger partial charge in [-0.2, -0.15) is 0 Å². The molecular weight excluding hydrogens is 260 g/mol. The molecule has 0 amide bonds. The first kappa shape index (κ1) is 14.5. The van der Waals surface area contributed by atoms with Gasteiger partial charge >= 0.3 is 0 Å². The molecule has 1 saturated carbocycles. The van der Waals surface area contributed by atoms with Crippen LogP contribution in [0.3, 0.4) is 0 Å². The van der Waals surface area contributed by atoms with E-state index in [0.29, 0.717) is 18.0 Å². The van der Waals surface area contributed by atoms with E-state index in [1.807, 2.05) is 19.9 Å². The van der Waals surface area contributed by atoms with Crippen molar-refractivity contribution in [2.24, 2.45) is 11.1 Å². The van der Waals surface area contributed by atoms with Crippen molar-refractivity contribution >= 4 is 10.0 Å². The summed E-state index contributed by atoms with van der Waals surface area (Å²) >= 11 is 0. The van der Waals surface area contributed by atoms with Crippen molar-refractivity contribution in [3.63, 3.8) is 0 Å². The van der Waals surface area contributed by atoms with Crippen molar-refractivity contribution in [3.05, 3.63) is 29.3 Å². The van der Waals surface area contributed by atoms with Gasteiger partial charge in [0.25, 0.3) is 0 Å². The van der Waals surface area contributed by atoms with Crippen LogP contribution < -0.4 is 10.5 Å². The maximum atomic E-state index is 12.2. The van der Waals surface area contributed by atoms with Crippen LogP contribution in [0.4, 0.5) is 0 Å². The summed E-state index contributed by atoms with van der Waals surface area (Å²) in [5, 5.41) is 0. The first-order chi connectivity index (χ1) is 8.88. The van der Waals surface area contributed by atoms with Crippen molar-refractivity contribution < 1.29 is 8.42 Å². The zero-order valence-electron chi connectivity index (χ0n) is 11.6. The largest absolute Gasteiger partial charge is 0.330 e. The minimum atomic E-state index is -3.40. The third kappa shape index (κ3) is 3.35. The lowest BCUT2D eigenvalue weighted by molar-refractivity contribution is 0.461. The van der Waals surface area contributed by atoms with Crippen molar-refractivity contribution in [3.8, 4) is 0 Å². The second-order valence-electron chi connectivity index (χ2n) is 5.61. The minimum absolute atomic E-state index is 0.113. The van der Waals surface area contributed by atoms with Gasteiger partial charge in [-0.25, -0.2) is 13.1 Å². The third-order valence-electron chi connectivity index (χ3n) is 4.06. The van der Waals surface area contributed by atoms with E-state index in [0.717, 1.165) is 30.4 Å². The van der Waals surface area contributed by atoms with Crippen LogP contribution in [0, 0.1) is 19.3 Å². The summed E-state index contributed by atoms with van der Waals surface area (Å²) in [5.41, 5.74) is 7.77. The molecule has 0 heterocycles. The Kier molecular flexibility index (Phi) is 3.99. The van der Waals surface area contributed by atoms with Gasteiger partial charge in [-0.1, -0.05) is 6.07 Å². The molecule has 0 aliphatic heterocycles. The summed E-state index contributed by atoms with van der Waals surface area (Å²) in [6, 6.07) is 5.23. The summed E-state index contributed by atoms with van der Waals surface area (Å²) in [6.45, 7) is 5.01. The van der Waals surface area contributed by atoms with Crippen LogP contribution in [0.2, 0.25) is 0 Å². The number of aryl methyl sites for hydroxylation is 2. The van der Waals surface area contributed by atoms with Gasteiger partial charge in [0.1, 0.15) is 0 Å². The number of hydrogen-bond acceptors (Lipinski definition) is 3. The van der Waals surface area contributed by atoms with Gasteiger partial charge in [0, 0.05) is 6.54 Å². The maximum absolute atomic E-state index is 12.2. The summed E-state index contributed by atoms with van der Waals surface area (Å²) in [7, 11) is -3.40. The van der Waals surface area contributed by atoms with Crippen LogP contribution in [0.15, 0.2) is 23.1 Å². The zero-order chi connectivity index (χ0) is 14.1. The molecule has 2 rings (SSSR count). The third-order valence-corrected chi connectivity index (χ3v) is 5.46. The maximum Gasteiger partial charge on any atom is 0.240 e. The van der Waals surface area contributed by atoms with E-state index in [1.54, 1.807) is 12.1 Å². The van der Waals surface area contributed by atoms with E-state index < -0.39 is 10.0 Å². The van der Waals surface area contributed by atoms with Gasteiger partial charge in [-0.05, 0) is 68.3 Å². The van der Waals surface area contributed by atoms with Gasteiger partial charge in [-0.3, -0.25) is 0 Å². The van der Waals surface area contributed by atoms with E-state index in [-0.39, 0.29) is 5.41 Å². The second kappa shape index (κ2) is 5.23. The highest BCUT2D eigenvalue weighted by Crippen LogP contribution is 2.47. The van der Waals surface area contributed by atoms with E-state index in [9.17, 15) is 8.42 Å². The Labute approximate surface area is 115 Å². The van der Waals surface area contributed by atoms with Crippen LogP contribution in [0.25, 0.3) is 0 Å². The van der Waals surface area contributed by atoms with Gasteiger partial charge in [-0.15, -0.1) is 0 Å². The number of nitrogens with two attached hydrogens (primary N) is 1. The standard InChI is InChI=1S/C14H22N2O2S/c1-11-3-4-13(9-12(11)2)19(17,18)16-10-14(5-6-14)7-8-15/h3-4,9,16H,5-8,10,15H2,1-2H3. The van der Waals surface area contributed by atoms with E-state index in [1.165, 1.54) is 0 Å². The average Bonchev–Trinajstić information content (AvgIpc) is 3.11. The lowest BCUT2D eigenvalue weighted by atomic mass is 10.0. The average molecular weight is 282 g/mol. The van der Waals surface area contributed by atoms with E-state index in [4.69, 9.17) is 5.73 Å². The predicted octanol–water partition coefficient (Wildman–Crippen LogP) is 1.71. The molecule has 19 heavy (non-hydrogen) atoms. The molecule has 0 radical (unpaired) electrons. The monoisotopic (exact) mass is 282 g/mol. The van der Waals surface area contributed by atoms with Gasteiger partial charge in [0.05, 0.1) is 4.90 Å². The number of rotatable bonds is 6. The Morgan fingerprint density at radius 3 is 2.47 bits per heavy atom. The normalized spacial score (nSPS) is 17.4. The molecule has 4 nitrogen and oxygen atoms in total. The molecule has 1 aliphatic carbocycles. The molecule has 3 N–H and O–H groups in total. The summed E-state index contributed by atoms with van der Waals surface area (Å²) in [5.74, 6) is 0. The van der Waals surface area contributed by atoms with Crippen LogP contribution >= 0.6 is 0 Å². The fourth-order valence-electron chi connectivity index (χ4n) is 2.21. The summed E-state index contributed by atoms with van der Waals surface area (Å²) in [4.78, 5) is 0.346. The highest BCUT2D eigenvalue weighted by molar-refractivity contribution is 7.89. The summed E-state index contributed by atoms with van der Waals surface area (Å²) < 4.78 is 27.2. The highest BCUT2D eigenvalue weighted by atomic mass is 32.2. The van der Waals surface area contributed by atoms with Gasteiger partial charge in [0.2, 0.25) is 10.0 Å². The number of benzene rings is 1. The molecule has 0 spiro atoms. The molecule has 1 aromatic carbocycles. The Bertz CT molecular complexity index is 563. The fraction of sp³-hybridized carbons (Fsp3) is 0.571. The molecule has 106 valence electrons. The Morgan fingerprint density at radius 2 is 1.95 bits per heavy atom. The Balaban J connectivity index is 2.08. The first-order valence-corrected chi connectivity index (χ1v) is 8.14. The van der Waals surface area contributed by atoms with Crippen LogP contribution in [0.1, 0.15) is 30.4 Å². The topological polar surface area (TPSA) is 72.2 Å². The van der Waals surface area contributed by atoms with Crippen molar-refractivity contribution in [2.75, 3.05) is 13.1 Å². The van der Waals surface area contributed by atoms with Crippen molar-refractivity contribution in [2.45, 2.75) is 38.0 Å². The predicted molar refractivity (Wildman–Crippen MR) is 76.4 cm³/mol. The lowest BCUT2D eigenvalue weighted by Crippen LogP contribution is -2.31. The molecule has 1 aromatic rings. The Hall–Kier alpha value is -0.910. The number of hydrogen-bond donors (Lipinski definition) is 2. The molecule has 1 aliphatic rings. The molecule has 5 heteroatoms. The lowest BCUT2D eigenvalue weighted by Gasteiger charge is -2.15. The van der Waals surface area contributed by atoms with Crippen molar-refractivity contribution in [1.29, 1.82) is 0 Å². The molecule has 0 bridgehead atoms. The van der Waals surface area contributed by atoms with Crippen LogP contribution in [-0.4, -0.2) is 21.5 Å². The van der Waals surface area contributed by atoms with Gasteiger partial charge < -0.3 is 5.73 Å². The quantitative estimate of drug-likeness (QED) is 0.834. The summed E-state index contributed by atoms with van der Waals surface area (Å²) in [6.07, 6.45) is 3.03. The first-order valence-electron chi connectivity index (χ1n) is 6.66. The Morgan fingerprint density at radius 1 is 1.26 bits per heavy atom. The fourth-order valence-corrected chi connectivity index (χ4v) is 3.45. The highest BCUT2D eigenvalue weighted by Gasteiger charge is 2.42. The van der Waals surface area contributed by atoms with Crippen LogP contribution in [0.5, 0.6) is 0 Å². The SMILES string of the molecule is Cc1ccc(S(=O)(=O)NCC2(CCN)CC2)cc1C. The number of sulfonamides is 1. The van der Waals surface area contributed by atoms with Gasteiger partial charge in [0.15, 0.2) is 0 Å². The van der Waals surface area contributed by atoms with Crippen LogP contribution in [-0.2, 0) is 10.0 Å². The second-order valence-corrected chi connectivity index (χ2v) is 7.38. The minimum Gasteiger partial charge on any atom is -0.330 e. The smallest absolute Gasteiger partial charge is 0.240 e. The molecule has 0 aromatic heterocycles. The van der Waals surface area contributed by atoms with E-state index in [2.05, 4.69) is 4.72 Å².